The fourth-order valence-electron chi connectivity index (χ4n) is 0.0680. The van der Waals surface area contributed by atoms with Gasteiger partial charge in [-0.05, 0) is 12.8 Å². The van der Waals surface area contributed by atoms with Crippen LogP contribution in [0.5, 0.6) is 0 Å². The lowest BCUT2D eigenvalue weighted by Crippen LogP contribution is -2.15. The van der Waals surface area contributed by atoms with Gasteiger partial charge < -0.3 is 17.5 Å². The van der Waals surface area contributed by atoms with E-state index in [1.165, 1.54) is 5.37 Å². The van der Waals surface area contributed by atoms with Crippen molar-refractivity contribution in [1.82, 2.24) is 4.72 Å². The summed E-state index contributed by atoms with van der Waals surface area (Å²) in [4.78, 5) is 0. The van der Waals surface area contributed by atoms with Gasteiger partial charge in [0.2, 0.25) is 0 Å². The standard InChI is InChI=1S/C2H3N2S3/c5-1-2(3-6)4-7/h1H,(H2-,3,4,5,6,7)/q-1. The van der Waals surface area contributed by atoms with Gasteiger partial charge in [0.25, 0.3) is 0 Å². The van der Waals surface area contributed by atoms with Gasteiger partial charge in [0.05, 0.1) is 0 Å². The first-order valence-corrected chi connectivity index (χ1v) is 2.68. The van der Waals surface area contributed by atoms with Crippen LogP contribution in [0, 0.1) is 0 Å². The van der Waals surface area contributed by atoms with Crippen LogP contribution in [0.2, 0.25) is 0 Å². The molecular formula is C2H3N2S3-. The minimum absolute atomic E-state index is 0.424. The van der Waals surface area contributed by atoms with E-state index in [0.717, 1.165) is 0 Å². The summed E-state index contributed by atoms with van der Waals surface area (Å²) in [5, 5.41) is 1.32. The molecule has 0 heterocycles. The van der Waals surface area contributed by atoms with Gasteiger partial charge in [-0.3, -0.25) is 0 Å². The van der Waals surface area contributed by atoms with Crippen molar-refractivity contribution in [3.05, 3.63) is 0 Å². The highest BCUT2D eigenvalue weighted by atomic mass is 32.1. The van der Waals surface area contributed by atoms with E-state index in [4.69, 9.17) is 0 Å². The lowest BCUT2D eigenvalue weighted by molar-refractivity contribution is 1.58. The van der Waals surface area contributed by atoms with Crippen LogP contribution in [-0.4, -0.2) is 11.2 Å². The number of thiocarbonyl (C=S) groups is 1. The molecule has 0 aromatic rings. The Morgan fingerprint density at radius 2 is 2.57 bits per heavy atom. The van der Waals surface area contributed by atoms with Gasteiger partial charge in [-0.1, -0.05) is 12.2 Å². The van der Waals surface area contributed by atoms with E-state index in [2.05, 4.69) is 47.0 Å². The van der Waals surface area contributed by atoms with E-state index < -0.39 is 0 Å². The van der Waals surface area contributed by atoms with E-state index in [0.29, 0.717) is 5.84 Å². The number of hydrogen-bond acceptors (Lipinski definition) is 4. The second-order valence-electron chi connectivity index (χ2n) is 0.705. The van der Waals surface area contributed by atoms with Crippen molar-refractivity contribution in [2.45, 2.75) is 0 Å². The van der Waals surface area contributed by atoms with E-state index in [1.54, 1.807) is 0 Å². The fraction of sp³-hybridized carbons (Fsp3) is 0. The third-order valence-corrected chi connectivity index (χ3v) is 0.972. The first-order valence-electron chi connectivity index (χ1n) is 1.40. The van der Waals surface area contributed by atoms with Crippen LogP contribution in [0.25, 0.3) is 0 Å². The Morgan fingerprint density at radius 1 is 2.00 bits per heavy atom. The molecule has 40 valence electrons. The Hall–Kier alpha value is 0.260. The molecule has 0 bridgehead atoms. The Kier molecular flexibility index (Phi) is 4.58. The summed E-state index contributed by atoms with van der Waals surface area (Å²) in [6, 6.07) is 0. The lowest BCUT2D eigenvalue weighted by atomic mass is 10.7. The van der Waals surface area contributed by atoms with Crippen molar-refractivity contribution in [3.63, 3.8) is 0 Å². The van der Waals surface area contributed by atoms with Crippen LogP contribution in [-0.2, 0) is 12.8 Å². The van der Waals surface area contributed by atoms with Gasteiger partial charge in [0.15, 0.2) is 0 Å². The minimum atomic E-state index is 0.424. The molecule has 5 heteroatoms. The van der Waals surface area contributed by atoms with Gasteiger partial charge in [0, 0.05) is 5.37 Å². The smallest absolute Gasteiger partial charge is 0.122 e. The molecule has 0 aliphatic carbocycles. The van der Waals surface area contributed by atoms with E-state index in [1.807, 2.05) is 0 Å². The Balaban J connectivity index is 3.60. The predicted octanol–water partition coefficient (Wildman–Crippen LogP) is 0.281. The number of nitrogens with one attached hydrogen (secondary N) is 1. The Morgan fingerprint density at radius 3 is 2.57 bits per heavy atom. The molecule has 0 aromatic heterocycles. The fourth-order valence-corrected chi connectivity index (χ4v) is 0.612. The number of thiol groups is 1. The molecule has 0 aliphatic heterocycles. The van der Waals surface area contributed by atoms with Crippen molar-refractivity contribution in [2.24, 2.45) is 4.40 Å². The zero-order valence-corrected chi connectivity index (χ0v) is 5.82. The van der Waals surface area contributed by atoms with Crippen LogP contribution in [0.4, 0.5) is 0 Å². The molecule has 0 saturated heterocycles. The summed E-state index contributed by atoms with van der Waals surface area (Å²) in [6.45, 7) is 0. The second-order valence-corrected chi connectivity index (χ2v) is 1.34. The van der Waals surface area contributed by atoms with Crippen LogP contribution in [0.3, 0.4) is 0 Å². The van der Waals surface area contributed by atoms with Crippen molar-refractivity contribution in [1.29, 1.82) is 0 Å². The zero-order chi connectivity index (χ0) is 5.70. The van der Waals surface area contributed by atoms with E-state index >= 15 is 0 Å². The van der Waals surface area contributed by atoms with Crippen LogP contribution in [0.1, 0.15) is 0 Å². The molecule has 0 aromatic carbocycles. The molecule has 0 atom stereocenters. The molecule has 0 spiro atoms. The normalized spacial score (nSPS) is 10.9. The van der Waals surface area contributed by atoms with Crippen molar-refractivity contribution >= 4 is 49.1 Å². The highest BCUT2D eigenvalue weighted by Gasteiger charge is 1.74. The number of rotatable bonds is 1. The zero-order valence-electron chi connectivity index (χ0n) is 3.29. The summed E-state index contributed by atoms with van der Waals surface area (Å²) in [5.41, 5.74) is 0. The molecule has 0 saturated carbocycles. The SMILES string of the molecule is S=CC(=NS)N[S-]. The first kappa shape index (κ1) is 7.26. The summed E-state index contributed by atoms with van der Waals surface area (Å²) in [7, 11) is 0. The maximum Gasteiger partial charge on any atom is 0.122 e. The summed E-state index contributed by atoms with van der Waals surface area (Å²) in [6.07, 6.45) is 0. The van der Waals surface area contributed by atoms with Gasteiger partial charge in [0.1, 0.15) is 5.84 Å². The van der Waals surface area contributed by atoms with Gasteiger partial charge in [-0.15, -0.1) is 0 Å². The highest BCUT2D eigenvalue weighted by molar-refractivity contribution is 7.81. The molecule has 0 aliphatic rings. The molecule has 0 amide bonds. The molecule has 1 N–H and O–H groups in total. The Labute approximate surface area is 58.5 Å². The first-order chi connectivity index (χ1) is 3.35. The Bertz CT molecular complexity index is 88.9. The van der Waals surface area contributed by atoms with E-state index in [-0.39, 0.29) is 0 Å². The van der Waals surface area contributed by atoms with Crippen LogP contribution in [0.15, 0.2) is 4.40 Å². The predicted molar refractivity (Wildman–Crippen MR) is 40.6 cm³/mol. The maximum absolute atomic E-state index is 4.44. The lowest BCUT2D eigenvalue weighted by Gasteiger charge is -2.04. The van der Waals surface area contributed by atoms with Gasteiger partial charge in [-0.25, -0.2) is 4.40 Å². The third kappa shape index (κ3) is 2.90. The van der Waals surface area contributed by atoms with E-state index in [9.17, 15) is 0 Å². The third-order valence-electron chi connectivity index (χ3n) is 0.324. The second kappa shape index (κ2) is 4.42. The maximum atomic E-state index is 4.44. The van der Waals surface area contributed by atoms with Crippen LogP contribution >= 0.6 is 25.0 Å². The number of amidine groups is 1. The average molecular weight is 151 g/mol. The minimum Gasteiger partial charge on any atom is -0.669 e. The van der Waals surface area contributed by atoms with Crippen molar-refractivity contribution in [2.75, 3.05) is 0 Å². The molecule has 2 nitrogen and oxygen atoms in total. The highest BCUT2D eigenvalue weighted by Crippen LogP contribution is 1.73. The summed E-state index contributed by atoms with van der Waals surface area (Å²) < 4.78 is 5.66. The monoisotopic (exact) mass is 151 g/mol. The topological polar surface area (TPSA) is 24.4 Å². The summed E-state index contributed by atoms with van der Waals surface area (Å²) >= 11 is 12.3. The van der Waals surface area contributed by atoms with Gasteiger partial charge in [-0.2, -0.15) is 0 Å². The molecule has 0 fully saturated rings. The largest absolute Gasteiger partial charge is 0.669 e. The van der Waals surface area contributed by atoms with Crippen molar-refractivity contribution in [3.8, 4) is 0 Å². The summed E-state index contributed by atoms with van der Waals surface area (Å²) in [5.74, 6) is 0.424. The van der Waals surface area contributed by atoms with Crippen molar-refractivity contribution < 1.29 is 0 Å². The number of hydrogen-bond donors (Lipinski definition) is 2. The molecular weight excluding hydrogens is 148 g/mol. The molecule has 0 unspecified atom stereocenters. The van der Waals surface area contributed by atoms with Gasteiger partial charge >= 0.3 is 0 Å². The molecule has 7 heavy (non-hydrogen) atoms. The average Bonchev–Trinajstić information content (AvgIpc) is 1.72. The molecule has 0 rings (SSSR count). The number of nitrogens with zero attached hydrogens (tertiary/aromatic N) is 1. The molecule has 0 radical (unpaired) electrons. The quantitative estimate of drug-likeness (QED) is 0.185. The van der Waals surface area contributed by atoms with Crippen LogP contribution < -0.4 is 4.72 Å².